The number of rotatable bonds is 4. The molecule has 2 unspecified atom stereocenters. The van der Waals surface area contributed by atoms with Gasteiger partial charge in [-0.3, -0.25) is 4.79 Å². The summed E-state index contributed by atoms with van der Waals surface area (Å²) in [6.45, 7) is 0. The van der Waals surface area contributed by atoms with E-state index in [1.807, 2.05) is 0 Å². The number of hydrogen-bond acceptors (Lipinski definition) is 3. The fourth-order valence-electron chi connectivity index (χ4n) is 2.31. The molecule has 0 saturated heterocycles. The van der Waals surface area contributed by atoms with Crippen LogP contribution in [0.15, 0.2) is 18.2 Å². The molecule has 1 aromatic carbocycles. The van der Waals surface area contributed by atoms with E-state index in [4.69, 9.17) is 21.1 Å². The van der Waals surface area contributed by atoms with Crippen LogP contribution in [-0.2, 0) is 0 Å². The van der Waals surface area contributed by atoms with Crippen LogP contribution in [0.3, 0.4) is 0 Å². The topological polar surface area (TPSA) is 47.6 Å². The van der Waals surface area contributed by atoms with Crippen LogP contribution in [0, 0.1) is 0 Å². The third-order valence-corrected chi connectivity index (χ3v) is 3.92. The van der Waals surface area contributed by atoms with Crippen LogP contribution >= 0.6 is 11.6 Å². The van der Waals surface area contributed by atoms with Gasteiger partial charge in [0.25, 0.3) is 5.91 Å². The van der Waals surface area contributed by atoms with Gasteiger partial charge in [0.2, 0.25) is 0 Å². The third kappa shape index (κ3) is 3.13. The second kappa shape index (κ2) is 6.15. The summed E-state index contributed by atoms with van der Waals surface area (Å²) in [6, 6.07) is 5.17. The molecule has 1 aliphatic carbocycles. The average molecular weight is 284 g/mol. The van der Waals surface area contributed by atoms with Crippen molar-refractivity contribution in [1.29, 1.82) is 0 Å². The second-order valence-corrected chi connectivity index (χ2v) is 5.16. The van der Waals surface area contributed by atoms with Crippen molar-refractivity contribution in [1.82, 2.24) is 5.32 Å². The number of halogens is 1. The normalized spacial score (nSPS) is 22.1. The van der Waals surface area contributed by atoms with Gasteiger partial charge in [-0.25, -0.2) is 0 Å². The quantitative estimate of drug-likeness (QED) is 0.864. The Labute approximate surface area is 118 Å². The molecule has 19 heavy (non-hydrogen) atoms. The standard InChI is InChI=1S/C14H18ClNO3/c1-18-12-7-6-9(8-13(12)19-2)14(17)16-11-5-3-4-10(11)15/h6-8,10-11H,3-5H2,1-2H3,(H,16,17). The number of carbonyl (C=O) groups excluding carboxylic acids is 1. The summed E-state index contributed by atoms with van der Waals surface area (Å²) in [5.74, 6) is 1.03. The van der Waals surface area contributed by atoms with Crippen molar-refractivity contribution in [3.05, 3.63) is 23.8 Å². The van der Waals surface area contributed by atoms with Gasteiger partial charge in [0, 0.05) is 11.6 Å². The fourth-order valence-corrected chi connectivity index (χ4v) is 2.65. The highest BCUT2D eigenvalue weighted by Crippen LogP contribution is 2.28. The molecule has 0 heterocycles. The molecule has 0 spiro atoms. The number of methoxy groups -OCH3 is 2. The van der Waals surface area contributed by atoms with Crippen molar-refractivity contribution < 1.29 is 14.3 Å². The van der Waals surface area contributed by atoms with Crippen LogP contribution in [-0.4, -0.2) is 31.5 Å². The maximum Gasteiger partial charge on any atom is 0.251 e. The van der Waals surface area contributed by atoms with E-state index in [2.05, 4.69) is 5.32 Å². The smallest absolute Gasteiger partial charge is 0.251 e. The molecule has 1 amide bonds. The molecular formula is C14H18ClNO3. The number of amides is 1. The molecule has 1 N–H and O–H groups in total. The molecular weight excluding hydrogens is 266 g/mol. The Kier molecular flexibility index (Phi) is 4.53. The van der Waals surface area contributed by atoms with E-state index in [9.17, 15) is 4.79 Å². The van der Waals surface area contributed by atoms with Gasteiger partial charge in [0.15, 0.2) is 11.5 Å². The number of carbonyl (C=O) groups is 1. The number of benzene rings is 1. The predicted octanol–water partition coefficient (Wildman–Crippen LogP) is 2.59. The molecule has 2 atom stereocenters. The Morgan fingerprint density at radius 2 is 2.00 bits per heavy atom. The van der Waals surface area contributed by atoms with Crippen LogP contribution in [0.25, 0.3) is 0 Å². The second-order valence-electron chi connectivity index (χ2n) is 4.60. The lowest BCUT2D eigenvalue weighted by atomic mass is 10.1. The summed E-state index contributed by atoms with van der Waals surface area (Å²) in [5.41, 5.74) is 0.549. The molecule has 1 fully saturated rings. The summed E-state index contributed by atoms with van der Waals surface area (Å²) in [7, 11) is 3.11. The van der Waals surface area contributed by atoms with Crippen molar-refractivity contribution in [3.63, 3.8) is 0 Å². The molecule has 1 aliphatic rings. The predicted molar refractivity (Wildman–Crippen MR) is 74.3 cm³/mol. The summed E-state index contributed by atoms with van der Waals surface area (Å²) < 4.78 is 10.3. The molecule has 4 nitrogen and oxygen atoms in total. The summed E-state index contributed by atoms with van der Waals surface area (Å²) in [6.07, 6.45) is 2.96. The van der Waals surface area contributed by atoms with Crippen LogP contribution in [0.2, 0.25) is 0 Å². The zero-order valence-corrected chi connectivity index (χ0v) is 11.9. The maximum atomic E-state index is 12.1. The Morgan fingerprint density at radius 1 is 1.26 bits per heavy atom. The summed E-state index contributed by atoms with van der Waals surface area (Å²) in [5, 5.41) is 3.00. The summed E-state index contributed by atoms with van der Waals surface area (Å²) >= 11 is 6.16. The van der Waals surface area contributed by atoms with Crippen LogP contribution in [0.1, 0.15) is 29.6 Å². The van der Waals surface area contributed by atoms with Gasteiger partial charge in [-0.1, -0.05) is 0 Å². The highest BCUT2D eigenvalue weighted by molar-refractivity contribution is 6.21. The van der Waals surface area contributed by atoms with Gasteiger partial charge in [-0.05, 0) is 37.5 Å². The van der Waals surface area contributed by atoms with E-state index in [0.717, 1.165) is 19.3 Å². The largest absolute Gasteiger partial charge is 0.493 e. The van der Waals surface area contributed by atoms with E-state index in [-0.39, 0.29) is 17.3 Å². The van der Waals surface area contributed by atoms with Crippen molar-refractivity contribution in [2.75, 3.05) is 14.2 Å². The molecule has 104 valence electrons. The van der Waals surface area contributed by atoms with Crippen molar-refractivity contribution >= 4 is 17.5 Å². The van der Waals surface area contributed by atoms with Gasteiger partial charge in [-0.15, -0.1) is 11.6 Å². The third-order valence-electron chi connectivity index (χ3n) is 3.39. The highest BCUT2D eigenvalue weighted by Gasteiger charge is 2.27. The Morgan fingerprint density at radius 3 is 2.58 bits per heavy atom. The SMILES string of the molecule is COc1ccc(C(=O)NC2CCCC2Cl)cc1OC. The molecule has 1 aromatic rings. The molecule has 0 aromatic heterocycles. The Hall–Kier alpha value is -1.42. The molecule has 0 aliphatic heterocycles. The zero-order chi connectivity index (χ0) is 13.8. The number of nitrogens with one attached hydrogen (secondary N) is 1. The van der Waals surface area contributed by atoms with Crippen molar-refractivity contribution in [2.45, 2.75) is 30.7 Å². The number of ether oxygens (including phenoxy) is 2. The summed E-state index contributed by atoms with van der Waals surface area (Å²) in [4.78, 5) is 12.1. The van der Waals surface area contributed by atoms with Gasteiger partial charge < -0.3 is 14.8 Å². The first-order valence-corrected chi connectivity index (χ1v) is 6.76. The maximum absolute atomic E-state index is 12.1. The molecule has 1 saturated carbocycles. The van der Waals surface area contributed by atoms with Gasteiger partial charge in [0.05, 0.1) is 19.6 Å². The van der Waals surface area contributed by atoms with Crippen molar-refractivity contribution in [2.24, 2.45) is 0 Å². The molecule has 0 bridgehead atoms. The average Bonchev–Trinajstić information content (AvgIpc) is 2.83. The van der Waals surface area contributed by atoms with E-state index < -0.39 is 0 Å². The monoisotopic (exact) mass is 283 g/mol. The van der Waals surface area contributed by atoms with Crippen molar-refractivity contribution in [3.8, 4) is 11.5 Å². The van der Waals surface area contributed by atoms with Gasteiger partial charge >= 0.3 is 0 Å². The Balaban J connectivity index is 2.10. The number of hydrogen-bond donors (Lipinski definition) is 1. The van der Waals surface area contributed by atoms with Gasteiger partial charge in [0.1, 0.15) is 0 Å². The first-order chi connectivity index (χ1) is 9.15. The Bertz CT molecular complexity index is 464. The first-order valence-electron chi connectivity index (χ1n) is 6.32. The molecule has 5 heteroatoms. The lowest BCUT2D eigenvalue weighted by molar-refractivity contribution is 0.0938. The van der Waals surface area contributed by atoms with Crippen LogP contribution in [0.5, 0.6) is 11.5 Å². The fraction of sp³-hybridized carbons (Fsp3) is 0.500. The van der Waals surface area contributed by atoms with Crippen LogP contribution in [0.4, 0.5) is 0 Å². The minimum absolute atomic E-state index is 0.0316. The first kappa shape index (κ1) is 14.0. The van der Waals surface area contributed by atoms with E-state index in [1.54, 1.807) is 32.4 Å². The zero-order valence-electron chi connectivity index (χ0n) is 11.1. The lowest BCUT2D eigenvalue weighted by Crippen LogP contribution is -2.37. The van der Waals surface area contributed by atoms with E-state index >= 15 is 0 Å². The van der Waals surface area contributed by atoms with Gasteiger partial charge in [-0.2, -0.15) is 0 Å². The minimum atomic E-state index is -0.126. The molecule has 0 radical (unpaired) electrons. The van der Waals surface area contributed by atoms with E-state index in [1.165, 1.54) is 0 Å². The van der Waals surface area contributed by atoms with E-state index in [0.29, 0.717) is 17.1 Å². The van der Waals surface area contributed by atoms with Crippen LogP contribution < -0.4 is 14.8 Å². The number of alkyl halides is 1. The molecule has 2 rings (SSSR count). The highest BCUT2D eigenvalue weighted by atomic mass is 35.5. The lowest BCUT2D eigenvalue weighted by Gasteiger charge is -2.16. The minimum Gasteiger partial charge on any atom is -0.493 e.